The summed E-state index contributed by atoms with van der Waals surface area (Å²) in [5.41, 5.74) is -0.860. The van der Waals surface area contributed by atoms with Crippen molar-refractivity contribution in [3.63, 3.8) is 0 Å². The van der Waals surface area contributed by atoms with E-state index in [1.54, 1.807) is 0 Å². The van der Waals surface area contributed by atoms with Crippen LogP contribution in [-0.4, -0.2) is 67.2 Å². The van der Waals surface area contributed by atoms with Crippen LogP contribution in [-0.2, 0) is 47.7 Å². The highest BCUT2D eigenvalue weighted by molar-refractivity contribution is 5.87. The van der Waals surface area contributed by atoms with Gasteiger partial charge in [0.2, 0.25) is 18.1 Å². The highest BCUT2D eigenvalue weighted by Crippen LogP contribution is 2.38. The second-order valence-corrected chi connectivity index (χ2v) is 8.34. The Bertz CT molecular complexity index is 1330. The summed E-state index contributed by atoms with van der Waals surface area (Å²) in [5.74, 6) is -4.39. The van der Waals surface area contributed by atoms with Crippen LogP contribution in [0.25, 0.3) is 11.0 Å². The molecule has 1 aliphatic heterocycles. The first-order chi connectivity index (χ1) is 18.3. The molecule has 1 saturated heterocycles. The van der Waals surface area contributed by atoms with E-state index in [0.717, 1.165) is 34.6 Å². The average molecular weight is 550 g/mol. The van der Waals surface area contributed by atoms with Gasteiger partial charge >= 0.3 is 35.5 Å². The van der Waals surface area contributed by atoms with E-state index < -0.39 is 72.8 Å². The van der Waals surface area contributed by atoms with Gasteiger partial charge in [-0.05, 0) is 18.2 Å². The fourth-order valence-electron chi connectivity index (χ4n) is 3.83. The van der Waals surface area contributed by atoms with Crippen molar-refractivity contribution in [2.75, 3.05) is 6.61 Å². The van der Waals surface area contributed by atoms with Gasteiger partial charge < -0.3 is 37.6 Å². The van der Waals surface area contributed by atoms with Crippen LogP contribution in [0, 0.1) is 0 Å². The lowest BCUT2D eigenvalue weighted by atomic mass is 9.98. The van der Waals surface area contributed by atoms with Gasteiger partial charge in [-0.1, -0.05) is 0 Å². The number of benzene rings is 1. The van der Waals surface area contributed by atoms with Crippen LogP contribution in [0.1, 0.15) is 34.6 Å². The molecule has 1 fully saturated rings. The fraction of sp³-hybridized carbons (Fsp3) is 0.440. The van der Waals surface area contributed by atoms with E-state index in [0.29, 0.717) is 5.39 Å². The van der Waals surface area contributed by atoms with Crippen LogP contribution < -0.4 is 15.1 Å². The smallest absolute Gasteiger partial charge is 0.336 e. The van der Waals surface area contributed by atoms with Gasteiger partial charge in [0.05, 0.1) is 0 Å². The summed E-state index contributed by atoms with van der Waals surface area (Å²) in [5, 5.41) is 0.389. The number of esters is 5. The van der Waals surface area contributed by atoms with Crippen molar-refractivity contribution in [3.05, 3.63) is 34.7 Å². The average Bonchev–Trinajstić information content (AvgIpc) is 2.82. The number of fused-ring (bicyclic) bond motifs is 1. The van der Waals surface area contributed by atoms with E-state index in [1.807, 2.05) is 0 Å². The number of rotatable bonds is 8. The summed E-state index contributed by atoms with van der Waals surface area (Å²) in [6.07, 6.45) is -7.28. The molecule has 0 saturated carbocycles. The van der Waals surface area contributed by atoms with Crippen molar-refractivity contribution < 1.29 is 61.5 Å². The molecule has 3 rings (SSSR count). The quantitative estimate of drug-likeness (QED) is 0.198. The van der Waals surface area contributed by atoms with Gasteiger partial charge in [0.1, 0.15) is 12.7 Å². The third-order valence-corrected chi connectivity index (χ3v) is 5.15. The molecule has 0 amide bonds. The summed E-state index contributed by atoms with van der Waals surface area (Å²) >= 11 is 0. The minimum atomic E-state index is -1.60. The van der Waals surface area contributed by atoms with E-state index >= 15 is 0 Å². The van der Waals surface area contributed by atoms with Crippen molar-refractivity contribution >= 4 is 40.8 Å². The minimum Gasteiger partial charge on any atom is -0.463 e. The second kappa shape index (κ2) is 12.4. The molecule has 0 bridgehead atoms. The molecule has 39 heavy (non-hydrogen) atoms. The van der Waals surface area contributed by atoms with Gasteiger partial charge in [0.15, 0.2) is 23.5 Å². The van der Waals surface area contributed by atoms with Gasteiger partial charge in [0.25, 0.3) is 0 Å². The Kier molecular flexibility index (Phi) is 9.24. The van der Waals surface area contributed by atoms with E-state index in [2.05, 4.69) is 0 Å². The third kappa shape index (κ3) is 7.54. The Morgan fingerprint density at radius 1 is 0.744 bits per heavy atom. The molecule has 1 aromatic heterocycles. The normalized spacial score (nSPS) is 22.3. The molecule has 210 valence electrons. The lowest BCUT2D eigenvalue weighted by Gasteiger charge is -2.43. The zero-order valence-corrected chi connectivity index (χ0v) is 21.6. The van der Waals surface area contributed by atoms with Gasteiger partial charge in [0, 0.05) is 46.1 Å². The Hall–Kier alpha value is -4.46. The van der Waals surface area contributed by atoms with Crippen LogP contribution >= 0.6 is 0 Å². The first-order valence-corrected chi connectivity index (χ1v) is 11.6. The van der Waals surface area contributed by atoms with E-state index in [1.165, 1.54) is 24.3 Å². The minimum absolute atomic E-state index is 0.124. The van der Waals surface area contributed by atoms with E-state index in [9.17, 15) is 28.8 Å². The molecule has 0 radical (unpaired) electrons. The predicted molar refractivity (Wildman–Crippen MR) is 126 cm³/mol. The third-order valence-electron chi connectivity index (χ3n) is 5.15. The molecular formula is C25H26O14. The van der Waals surface area contributed by atoms with Crippen molar-refractivity contribution in [1.29, 1.82) is 0 Å². The Balaban J connectivity index is 2.13. The van der Waals surface area contributed by atoms with E-state index in [-0.39, 0.29) is 17.1 Å². The number of ether oxygens (including phenoxy) is 7. The van der Waals surface area contributed by atoms with Gasteiger partial charge in [-0.2, -0.15) is 0 Å². The lowest BCUT2D eigenvalue weighted by Crippen LogP contribution is -2.63. The van der Waals surface area contributed by atoms with Crippen LogP contribution in [0.15, 0.2) is 33.5 Å². The molecule has 2 aromatic rings. The summed E-state index contributed by atoms with van der Waals surface area (Å²) in [6, 6.07) is 5.47. The lowest BCUT2D eigenvalue weighted by molar-refractivity contribution is -0.288. The SMILES string of the molecule is CC(=O)OCC1OC(Oc2ccc3ccc(=O)oc3c2OC(C)=O)C(OC(C)=O)C(OC(C)=O)C1OC(C)=O. The fourth-order valence-corrected chi connectivity index (χ4v) is 3.83. The van der Waals surface area contributed by atoms with Crippen molar-refractivity contribution in [3.8, 4) is 11.5 Å². The maximum absolute atomic E-state index is 12.0. The molecule has 0 aliphatic carbocycles. The molecule has 14 nitrogen and oxygen atoms in total. The van der Waals surface area contributed by atoms with Crippen LogP contribution in [0.2, 0.25) is 0 Å². The van der Waals surface area contributed by atoms with Crippen LogP contribution in [0.4, 0.5) is 0 Å². The maximum Gasteiger partial charge on any atom is 0.336 e. The maximum atomic E-state index is 12.0. The first kappa shape index (κ1) is 29.1. The number of hydrogen-bond donors (Lipinski definition) is 0. The number of carbonyl (C=O) groups is 5. The molecule has 1 aromatic carbocycles. The molecule has 0 N–H and O–H groups in total. The molecule has 5 atom stereocenters. The zero-order valence-electron chi connectivity index (χ0n) is 21.6. The number of carbonyl (C=O) groups excluding carboxylic acids is 5. The van der Waals surface area contributed by atoms with Crippen LogP contribution in [0.3, 0.4) is 0 Å². The Morgan fingerprint density at radius 2 is 1.33 bits per heavy atom. The molecular weight excluding hydrogens is 524 g/mol. The molecule has 1 aliphatic rings. The zero-order chi connectivity index (χ0) is 28.9. The van der Waals surface area contributed by atoms with Gasteiger partial charge in [-0.25, -0.2) is 4.79 Å². The predicted octanol–water partition coefficient (Wildman–Crippen LogP) is 1.18. The summed E-state index contributed by atoms with van der Waals surface area (Å²) in [7, 11) is 0. The summed E-state index contributed by atoms with van der Waals surface area (Å²) in [4.78, 5) is 71.1. The standard InChI is InChI=1S/C25H26O14/c1-11(26)32-10-18-22(34-13(3)28)23(35-14(4)29)24(36-15(5)30)25(38-18)37-17-8-6-16-7-9-19(31)39-20(16)21(17)33-12(2)27/h6-9,18,22-25H,10H2,1-5H3. The van der Waals surface area contributed by atoms with Crippen molar-refractivity contribution in [2.24, 2.45) is 0 Å². The topological polar surface area (TPSA) is 180 Å². The molecule has 14 heteroatoms. The summed E-state index contributed by atoms with van der Waals surface area (Å²) in [6.45, 7) is 5.01. The highest BCUT2D eigenvalue weighted by Gasteiger charge is 2.53. The summed E-state index contributed by atoms with van der Waals surface area (Å²) < 4.78 is 43.4. The molecule has 5 unspecified atom stereocenters. The number of hydrogen-bond acceptors (Lipinski definition) is 14. The van der Waals surface area contributed by atoms with Crippen molar-refractivity contribution in [1.82, 2.24) is 0 Å². The van der Waals surface area contributed by atoms with Crippen molar-refractivity contribution in [2.45, 2.75) is 65.3 Å². The van der Waals surface area contributed by atoms with Gasteiger partial charge in [-0.3, -0.25) is 24.0 Å². The van der Waals surface area contributed by atoms with E-state index in [4.69, 9.17) is 37.6 Å². The second-order valence-electron chi connectivity index (χ2n) is 8.34. The molecule has 0 spiro atoms. The Morgan fingerprint density at radius 3 is 1.92 bits per heavy atom. The highest BCUT2D eigenvalue weighted by atomic mass is 16.7. The Labute approximate surface area is 221 Å². The van der Waals surface area contributed by atoms with Gasteiger partial charge in [-0.15, -0.1) is 0 Å². The van der Waals surface area contributed by atoms with Crippen LogP contribution in [0.5, 0.6) is 11.5 Å². The monoisotopic (exact) mass is 550 g/mol. The molecule has 2 heterocycles. The first-order valence-electron chi connectivity index (χ1n) is 11.6. The largest absolute Gasteiger partial charge is 0.463 e.